The summed E-state index contributed by atoms with van der Waals surface area (Å²) in [4.78, 5) is 23.6. The van der Waals surface area contributed by atoms with Crippen molar-refractivity contribution in [1.82, 2.24) is 0 Å². The van der Waals surface area contributed by atoms with Crippen molar-refractivity contribution in [3.05, 3.63) is 44.9 Å². The quantitative estimate of drug-likeness (QED) is 0.722. The van der Waals surface area contributed by atoms with Gasteiger partial charge in [-0.2, -0.15) is 0 Å². The highest BCUT2D eigenvalue weighted by Gasteiger charge is 2.26. The van der Waals surface area contributed by atoms with Crippen LogP contribution in [0.1, 0.15) is 31.8 Å². The third-order valence-electron chi connectivity index (χ3n) is 2.57. The Bertz CT molecular complexity index is 513. The second-order valence-electron chi connectivity index (χ2n) is 3.64. The molecule has 0 spiro atoms. The molecule has 1 aromatic rings. The highest BCUT2D eigenvalue weighted by molar-refractivity contribution is 9.12. The van der Waals surface area contributed by atoms with E-state index in [0.717, 1.165) is 11.1 Å². The third kappa shape index (κ3) is 1.47. The Balaban J connectivity index is 2.82. The maximum Gasteiger partial charge on any atom is 0.201 e. The number of benzene rings is 1. The zero-order valence-corrected chi connectivity index (χ0v) is 10.0. The maximum atomic E-state index is 11.9. The molecule has 2 nitrogen and oxygen atoms in total. The minimum atomic E-state index is -0.106. The first-order valence-electron chi connectivity index (χ1n) is 4.59. The Kier molecular flexibility index (Phi) is 2.35. The zero-order valence-electron chi connectivity index (χ0n) is 8.43. The lowest BCUT2D eigenvalue weighted by Crippen LogP contribution is -2.17. The molecule has 15 heavy (non-hydrogen) atoms. The summed E-state index contributed by atoms with van der Waals surface area (Å²) in [7, 11) is 0. The predicted molar refractivity (Wildman–Crippen MR) is 61.6 cm³/mol. The fourth-order valence-electron chi connectivity index (χ4n) is 1.79. The number of ketones is 2. The Hall–Kier alpha value is -1.22. The number of Topliss-reactive ketones (excluding diaryl/α,β-unsaturated/α-hetero) is 1. The van der Waals surface area contributed by atoms with E-state index in [9.17, 15) is 9.59 Å². The van der Waals surface area contributed by atoms with Crippen LogP contribution in [0.15, 0.2) is 22.7 Å². The van der Waals surface area contributed by atoms with E-state index in [2.05, 4.69) is 15.9 Å². The van der Waals surface area contributed by atoms with E-state index in [4.69, 9.17) is 0 Å². The van der Waals surface area contributed by atoms with E-state index in [-0.39, 0.29) is 11.6 Å². The second-order valence-corrected chi connectivity index (χ2v) is 4.49. The number of rotatable bonds is 0. The summed E-state index contributed by atoms with van der Waals surface area (Å²) < 4.78 is 0.341. The number of carbonyl (C=O) groups excluding carboxylic acids is 2. The van der Waals surface area contributed by atoms with Crippen molar-refractivity contribution in [2.45, 2.75) is 13.8 Å². The minimum Gasteiger partial charge on any atom is -0.289 e. The summed E-state index contributed by atoms with van der Waals surface area (Å²) in [6, 6.07) is 3.73. The molecule has 2 rings (SSSR count). The smallest absolute Gasteiger partial charge is 0.201 e. The molecule has 0 N–H and O–H groups in total. The van der Waals surface area contributed by atoms with Crippen LogP contribution < -0.4 is 0 Å². The molecule has 1 aliphatic rings. The van der Waals surface area contributed by atoms with Gasteiger partial charge in [0.15, 0.2) is 5.78 Å². The predicted octanol–water partition coefficient (Wildman–Crippen LogP) is 2.96. The SMILES string of the molecule is Cc1ccc(C)c2c1C(=O)C=C(Br)C2=O. The maximum absolute atomic E-state index is 11.9. The number of halogens is 1. The fourth-order valence-corrected chi connectivity index (χ4v) is 2.20. The Morgan fingerprint density at radius 3 is 2.13 bits per heavy atom. The first-order chi connectivity index (χ1) is 7.02. The van der Waals surface area contributed by atoms with Gasteiger partial charge in [-0.15, -0.1) is 0 Å². The van der Waals surface area contributed by atoms with Gasteiger partial charge in [-0.3, -0.25) is 9.59 Å². The van der Waals surface area contributed by atoms with E-state index >= 15 is 0 Å². The first kappa shape index (κ1) is 10.3. The van der Waals surface area contributed by atoms with Crippen LogP contribution in [0, 0.1) is 13.8 Å². The van der Waals surface area contributed by atoms with E-state index < -0.39 is 0 Å². The van der Waals surface area contributed by atoms with E-state index in [1.807, 2.05) is 26.0 Å². The summed E-state index contributed by atoms with van der Waals surface area (Å²) in [5.74, 6) is -0.205. The van der Waals surface area contributed by atoms with Crippen molar-refractivity contribution < 1.29 is 9.59 Å². The fraction of sp³-hybridized carbons (Fsp3) is 0.167. The molecule has 0 unspecified atom stereocenters. The van der Waals surface area contributed by atoms with Crippen LogP contribution >= 0.6 is 15.9 Å². The highest BCUT2D eigenvalue weighted by atomic mass is 79.9. The van der Waals surface area contributed by atoms with Gasteiger partial charge in [0.1, 0.15) is 0 Å². The summed E-state index contributed by atoms with van der Waals surface area (Å²) in [6.45, 7) is 3.69. The average Bonchev–Trinajstić information content (AvgIpc) is 2.18. The summed E-state index contributed by atoms with van der Waals surface area (Å²) in [6.07, 6.45) is 1.34. The number of aryl methyl sites for hydroxylation is 2. The van der Waals surface area contributed by atoms with Gasteiger partial charge in [-0.05, 0) is 40.9 Å². The molecule has 1 aromatic carbocycles. The minimum absolute atomic E-state index is 0.0994. The lowest BCUT2D eigenvalue weighted by Gasteiger charge is -2.16. The Morgan fingerprint density at radius 1 is 1.00 bits per heavy atom. The second kappa shape index (κ2) is 3.42. The van der Waals surface area contributed by atoms with Crippen LogP contribution in [0.2, 0.25) is 0 Å². The van der Waals surface area contributed by atoms with Gasteiger partial charge in [0.2, 0.25) is 5.78 Å². The molecule has 0 saturated carbocycles. The van der Waals surface area contributed by atoms with Crippen LogP contribution in [-0.2, 0) is 0 Å². The molecular weight excluding hydrogens is 256 g/mol. The number of hydrogen-bond donors (Lipinski definition) is 0. The van der Waals surface area contributed by atoms with Crippen molar-refractivity contribution in [3.8, 4) is 0 Å². The van der Waals surface area contributed by atoms with Gasteiger partial charge in [0.25, 0.3) is 0 Å². The van der Waals surface area contributed by atoms with Crippen LogP contribution in [0.3, 0.4) is 0 Å². The van der Waals surface area contributed by atoms with E-state index in [1.54, 1.807) is 0 Å². The van der Waals surface area contributed by atoms with E-state index in [0.29, 0.717) is 15.6 Å². The Morgan fingerprint density at radius 2 is 1.53 bits per heavy atom. The molecule has 0 heterocycles. The molecule has 0 aromatic heterocycles. The molecule has 0 radical (unpaired) electrons. The van der Waals surface area contributed by atoms with Crippen molar-refractivity contribution in [3.63, 3.8) is 0 Å². The summed E-state index contributed by atoms with van der Waals surface area (Å²) >= 11 is 3.11. The van der Waals surface area contributed by atoms with Gasteiger partial charge in [0, 0.05) is 17.2 Å². The molecule has 76 valence electrons. The molecule has 0 bridgehead atoms. The van der Waals surface area contributed by atoms with Crippen LogP contribution in [0.4, 0.5) is 0 Å². The highest BCUT2D eigenvalue weighted by Crippen LogP contribution is 2.29. The largest absolute Gasteiger partial charge is 0.289 e. The Labute approximate surface area is 96.1 Å². The summed E-state index contributed by atoms with van der Waals surface area (Å²) in [5, 5.41) is 0. The van der Waals surface area contributed by atoms with Crippen molar-refractivity contribution >= 4 is 27.5 Å². The number of hydrogen-bond acceptors (Lipinski definition) is 2. The average molecular weight is 265 g/mol. The number of carbonyl (C=O) groups is 2. The molecule has 0 atom stereocenters. The van der Waals surface area contributed by atoms with Crippen LogP contribution in [0.25, 0.3) is 0 Å². The standard InChI is InChI=1S/C12H9BrO2/c1-6-3-4-7(2)11-10(6)9(14)5-8(13)12(11)15/h3-5H,1-2H3. The molecule has 1 aliphatic carbocycles. The van der Waals surface area contributed by atoms with Crippen LogP contribution in [-0.4, -0.2) is 11.6 Å². The lowest BCUT2D eigenvalue weighted by atomic mass is 9.88. The lowest BCUT2D eigenvalue weighted by molar-refractivity contribution is 0.0990. The van der Waals surface area contributed by atoms with Crippen molar-refractivity contribution in [1.29, 1.82) is 0 Å². The normalized spacial score (nSPS) is 15.0. The zero-order chi connectivity index (χ0) is 11.2. The molecule has 0 fully saturated rings. The summed E-state index contributed by atoms with van der Waals surface area (Å²) in [5.41, 5.74) is 2.78. The molecular formula is C12H9BrO2. The molecule has 0 aliphatic heterocycles. The number of fused-ring (bicyclic) bond motifs is 1. The van der Waals surface area contributed by atoms with Crippen molar-refractivity contribution in [2.75, 3.05) is 0 Å². The molecule has 3 heteroatoms. The molecule has 0 amide bonds. The topological polar surface area (TPSA) is 34.1 Å². The van der Waals surface area contributed by atoms with Gasteiger partial charge in [-0.1, -0.05) is 12.1 Å². The first-order valence-corrected chi connectivity index (χ1v) is 5.38. The van der Waals surface area contributed by atoms with Gasteiger partial charge in [0.05, 0.1) is 4.48 Å². The van der Waals surface area contributed by atoms with Crippen molar-refractivity contribution in [2.24, 2.45) is 0 Å². The van der Waals surface area contributed by atoms with Gasteiger partial charge >= 0.3 is 0 Å². The van der Waals surface area contributed by atoms with Crippen LogP contribution in [0.5, 0.6) is 0 Å². The molecule has 0 saturated heterocycles. The number of allylic oxidation sites excluding steroid dienone is 2. The van der Waals surface area contributed by atoms with Gasteiger partial charge in [-0.25, -0.2) is 0 Å². The van der Waals surface area contributed by atoms with E-state index in [1.165, 1.54) is 6.08 Å². The van der Waals surface area contributed by atoms with Gasteiger partial charge < -0.3 is 0 Å². The third-order valence-corrected chi connectivity index (χ3v) is 3.16. The monoisotopic (exact) mass is 264 g/mol.